The van der Waals surface area contributed by atoms with Gasteiger partial charge in [-0.1, -0.05) is 63.2 Å². The van der Waals surface area contributed by atoms with Crippen LogP contribution >= 0.6 is 12.4 Å². The molecule has 0 bridgehead atoms. The largest absolute Gasteiger partial charge is 0.378 e. The van der Waals surface area contributed by atoms with Gasteiger partial charge < -0.3 is 25.6 Å². The zero-order valence-corrected chi connectivity index (χ0v) is 23.3. The van der Waals surface area contributed by atoms with Crippen molar-refractivity contribution in [3.8, 4) is 0 Å². The fraction of sp³-hybridized carbons (Fsp3) is 0.536. The van der Waals surface area contributed by atoms with Gasteiger partial charge in [-0.05, 0) is 36.2 Å². The zero-order chi connectivity index (χ0) is 26.3. The van der Waals surface area contributed by atoms with E-state index in [2.05, 4.69) is 16.0 Å². The standard InChI is InChI=1S/C28H40N4O4.ClH/c1-28(2,3)27(35)32-14-8-11-24(32)26(34)31-23(25(33)30-18-22(36-5)17-29-4)16-19-12-13-20-9-6-7-10-21(20)15-19;/h6-7,9-10,12-13,15,22-24,29H,8,11,14,16-18H2,1-5H3,(H,30,33)(H,31,34);1H/t22?,23-,24?;/m1./s1. The van der Waals surface area contributed by atoms with Gasteiger partial charge in [0.25, 0.3) is 0 Å². The number of likely N-dealkylation sites (tertiary alicyclic amines) is 1. The van der Waals surface area contributed by atoms with Crippen molar-refractivity contribution in [1.29, 1.82) is 0 Å². The quantitative estimate of drug-likeness (QED) is 0.437. The summed E-state index contributed by atoms with van der Waals surface area (Å²) in [6, 6.07) is 12.7. The summed E-state index contributed by atoms with van der Waals surface area (Å²) in [6.45, 7) is 7.03. The summed E-state index contributed by atoms with van der Waals surface area (Å²) in [5, 5.41) is 11.1. The van der Waals surface area contributed by atoms with Crippen LogP contribution in [0, 0.1) is 5.41 Å². The molecule has 204 valence electrons. The Balaban J connectivity index is 0.00000481. The molecule has 1 saturated heterocycles. The Morgan fingerprint density at radius 3 is 2.43 bits per heavy atom. The van der Waals surface area contributed by atoms with Crippen LogP contribution in [0.5, 0.6) is 0 Å². The first-order valence-corrected chi connectivity index (χ1v) is 12.7. The number of carbonyl (C=O) groups is 3. The minimum atomic E-state index is -0.780. The number of amides is 3. The van der Waals surface area contributed by atoms with E-state index in [-0.39, 0.29) is 36.2 Å². The summed E-state index contributed by atoms with van der Waals surface area (Å²) in [6.07, 6.45) is 1.50. The first kappa shape index (κ1) is 30.5. The number of hydrogen-bond donors (Lipinski definition) is 3. The smallest absolute Gasteiger partial charge is 0.243 e. The SMILES string of the molecule is CNCC(CNC(=O)[C@@H](Cc1ccc2ccccc2c1)NC(=O)C1CCCN1C(=O)C(C)(C)C)OC.Cl. The minimum absolute atomic E-state index is 0. The van der Waals surface area contributed by atoms with Gasteiger partial charge in [-0.15, -0.1) is 12.4 Å². The molecule has 0 spiro atoms. The molecular formula is C28H41ClN4O4. The predicted molar refractivity (Wildman–Crippen MR) is 149 cm³/mol. The lowest BCUT2D eigenvalue weighted by molar-refractivity contribution is -0.145. The van der Waals surface area contributed by atoms with Gasteiger partial charge in [-0.25, -0.2) is 0 Å². The lowest BCUT2D eigenvalue weighted by Crippen LogP contribution is -2.55. The van der Waals surface area contributed by atoms with E-state index in [1.165, 1.54) is 0 Å². The Bertz CT molecular complexity index is 1070. The van der Waals surface area contributed by atoms with E-state index < -0.39 is 17.5 Å². The molecular weight excluding hydrogens is 492 g/mol. The van der Waals surface area contributed by atoms with Crippen molar-refractivity contribution < 1.29 is 19.1 Å². The van der Waals surface area contributed by atoms with Crippen LogP contribution in [0.4, 0.5) is 0 Å². The van der Waals surface area contributed by atoms with Crippen LogP contribution in [0.25, 0.3) is 10.8 Å². The number of benzene rings is 2. The number of fused-ring (bicyclic) bond motifs is 1. The molecule has 0 aromatic heterocycles. The van der Waals surface area contributed by atoms with E-state index in [0.717, 1.165) is 22.8 Å². The fourth-order valence-corrected chi connectivity index (χ4v) is 4.60. The topological polar surface area (TPSA) is 99.8 Å². The molecule has 37 heavy (non-hydrogen) atoms. The number of nitrogens with zero attached hydrogens (tertiary/aromatic N) is 1. The molecule has 2 aromatic rings. The average molecular weight is 533 g/mol. The fourth-order valence-electron chi connectivity index (χ4n) is 4.60. The highest BCUT2D eigenvalue weighted by atomic mass is 35.5. The highest BCUT2D eigenvalue weighted by Crippen LogP contribution is 2.26. The first-order valence-electron chi connectivity index (χ1n) is 12.7. The van der Waals surface area contributed by atoms with Crippen molar-refractivity contribution in [2.75, 3.05) is 33.8 Å². The maximum absolute atomic E-state index is 13.4. The highest BCUT2D eigenvalue weighted by molar-refractivity contribution is 5.93. The van der Waals surface area contributed by atoms with E-state index in [1.54, 1.807) is 12.0 Å². The van der Waals surface area contributed by atoms with Crippen molar-refractivity contribution in [3.63, 3.8) is 0 Å². The second-order valence-electron chi connectivity index (χ2n) is 10.5. The maximum atomic E-state index is 13.4. The molecule has 1 fully saturated rings. The Morgan fingerprint density at radius 2 is 1.78 bits per heavy atom. The third-order valence-corrected chi connectivity index (χ3v) is 6.61. The molecule has 3 amide bonds. The predicted octanol–water partition coefficient (Wildman–Crippen LogP) is 2.68. The van der Waals surface area contributed by atoms with E-state index in [0.29, 0.717) is 32.5 Å². The van der Waals surface area contributed by atoms with E-state index in [1.807, 2.05) is 70.3 Å². The molecule has 3 atom stereocenters. The molecule has 8 nitrogen and oxygen atoms in total. The summed E-state index contributed by atoms with van der Waals surface area (Å²) >= 11 is 0. The van der Waals surface area contributed by atoms with Crippen LogP contribution in [0.2, 0.25) is 0 Å². The van der Waals surface area contributed by atoms with E-state index in [9.17, 15) is 14.4 Å². The highest BCUT2D eigenvalue weighted by Gasteiger charge is 2.39. The molecule has 1 heterocycles. The number of ether oxygens (including phenoxy) is 1. The van der Waals surface area contributed by atoms with Crippen molar-refractivity contribution in [2.24, 2.45) is 5.41 Å². The van der Waals surface area contributed by atoms with E-state index in [4.69, 9.17) is 4.74 Å². The third-order valence-electron chi connectivity index (χ3n) is 6.61. The lowest BCUT2D eigenvalue weighted by Gasteiger charge is -2.31. The number of rotatable bonds is 10. The van der Waals surface area contributed by atoms with Gasteiger partial charge in [0.1, 0.15) is 12.1 Å². The van der Waals surface area contributed by atoms with Crippen molar-refractivity contribution >= 4 is 40.9 Å². The molecule has 3 N–H and O–H groups in total. The van der Waals surface area contributed by atoms with E-state index >= 15 is 0 Å². The van der Waals surface area contributed by atoms with Gasteiger partial charge in [0.2, 0.25) is 17.7 Å². The Kier molecular flexibility index (Phi) is 11.3. The van der Waals surface area contributed by atoms with Gasteiger partial charge >= 0.3 is 0 Å². The van der Waals surface area contributed by atoms with Gasteiger partial charge in [0.15, 0.2) is 0 Å². The Hall–Kier alpha value is -2.68. The number of carbonyl (C=O) groups excluding carboxylic acids is 3. The third kappa shape index (κ3) is 8.15. The molecule has 9 heteroatoms. The summed E-state index contributed by atoms with van der Waals surface area (Å²) in [7, 11) is 3.42. The number of likely N-dealkylation sites (N-methyl/N-ethyl adjacent to an activating group) is 1. The molecule has 1 aliphatic rings. The molecule has 0 saturated carbocycles. The second kappa shape index (κ2) is 13.7. The second-order valence-corrected chi connectivity index (χ2v) is 10.5. The first-order chi connectivity index (χ1) is 17.1. The van der Waals surface area contributed by atoms with Crippen LogP contribution in [-0.4, -0.2) is 74.6 Å². The Morgan fingerprint density at radius 1 is 1.08 bits per heavy atom. The summed E-state index contributed by atoms with van der Waals surface area (Å²) in [5.74, 6) is -0.614. The summed E-state index contributed by atoms with van der Waals surface area (Å²) in [5.41, 5.74) is 0.370. The molecule has 0 aliphatic carbocycles. The molecule has 0 radical (unpaired) electrons. The van der Waals surface area contributed by atoms with Gasteiger partial charge in [0.05, 0.1) is 6.10 Å². The molecule has 3 rings (SSSR count). The van der Waals surface area contributed by atoms with Crippen LogP contribution in [0.15, 0.2) is 42.5 Å². The van der Waals surface area contributed by atoms with Crippen LogP contribution in [0.3, 0.4) is 0 Å². The van der Waals surface area contributed by atoms with Crippen molar-refractivity contribution in [3.05, 3.63) is 48.0 Å². The van der Waals surface area contributed by atoms with Crippen molar-refractivity contribution in [1.82, 2.24) is 20.9 Å². The summed E-state index contributed by atoms with van der Waals surface area (Å²) in [4.78, 5) is 41.3. The Labute approximate surface area is 226 Å². The molecule has 2 aromatic carbocycles. The maximum Gasteiger partial charge on any atom is 0.243 e. The monoisotopic (exact) mass is 532 g/mol. The van der Waals surface area contributed by atoms with Crippen LogP contribution < -0.4 is 16.0 Å². The lowest BCUT2D eigenvalue weighted by atomic mass is 9.94. The minimum Gasteiger partial charge on any atom is -0.378 e. The average Bonchev–Trinajstić information content (AvgIpc) is 3.34. The van der Waals surface area contributed by atoms with Crippen LogP contribution in [-0.2, 0) is 25.5 Å². The van der Waals surface area contributed by atoms with Crippen LogP contribution in [0.1, 0.15) is 39.2 Å². The number of hydrogen-bond acceptors (Lipinski definition) is 5. The molecule has 2 unspecified atom stereocenters. The molecule has 1 aliphatic heterocycles. The number of nitrogens with one attached hydrogen (secondary N) is 3. The number of methoxy groups -OCH3 is 1. The number of halogens is 1. The van der Waals surface area contributed by atoms with Crippen molar-refractivity contribution in [2.45, 2.75) is 58.2 Å². The zero-order valence-electron chi connectivity index (χ0n) is 22.5. The van der Waals surface area contributed by atoms with Gasteiger partial charge in [0, 0.05) is 38.6 Å². The van der Waals surface area contributed by atoms with Gasteiger partial charge in [-0.2, -0.15) is 0 Å². The van der Waals surface area contributed by atoms with Gasteiger partial charge in [-0.3, -0.25) is 14.4 Å². The summed E-state index contributed by atoms with van der Waals surface area (Å²) < 4.78 is 5.41. The normalized spacial score (nSPS) is 17.1.